The molecule has 1 aliphatic carbocycles. The zero-order chi connectivity index (χ0) is 13.4. The Hall–Kier alpha value is -0.590. The second-order valence-corrected chi connectivity index (χ2v) is 6.40. The van der Waals surface area contributed by atoms with E-state index in [1.165, 1.54) is 18.4 Å². The van der Waals surface area contributed by atoms with Crippen LogP contribution in [0.3, 0.4) is 0 Å². The van der Waals surface area contributed by atoms with Crippen LogP contribution in [0.2, 0.25) is 0 Å². The average Bonchev–Trinajstić information content (AvgIpc) is 2.26. The van der Waals surface area contributed by atoms with Crippen LogP contribution in [0.4, 0.5) is 0 Å². The van der Waals surface area contributed by atoms with Gasteiger partial charge in [-0.1, -0.05) is 32.9 Å². The zero-order valence-electron chi connectivity index (χ0n) is 11.8. The summed E-state index contributed by atoms with van der Waals surface area (Å²) in [6.45, 7) is 7.02. The fourth-order valence-corrected chi connectivity index (χ4v) is 2.86. The van der Waals surface area contributed by atoms with Gasteiger partial charge in [-0.3, -0.25) is 0 Å². The van der Waals surface area contributed by atoms with E-state index in [-0.39, 0.29) is 0 Å². The van der Waals surface area contributed by atoms with Gasteiger partial charge in [-0.05, 0) is 42.6 Å². The van der Waals surface area contributed by atoms with E-state index in [9.17, 15) is 0 Å². The van der Waals surface area contributed by atoms with E-state index in [2.05, 4.69) is 26.8 Å². The molecule has 94 valence electrons. The van der Waals surface area contributed by atoms with E-state index >= 15 is 0 Å². The van der Waals surface area contributed by atoms with Crippen molar-refractivity contribution in [2.75, 3.05) is 0 Å². The largest absolute Gasteiger partial charge is 0.507 e. The topological polar surface area (TPSA) is 9.23 Å². The van der Waals surface area contributed by atoms with Crippen molar-refractivity contribution in [3.8, 4) is 0 Å². The third kappa shape index (κ3) is 2.87. The molecule has 1 unspecified atom stereocenters. The minimum atomic E-state index is -1.12. The molecule has 2 aliphatic rings. The summed E-state index contributed by atoms with van der Waals surface area (Å²) >= 11 is 0. The molecule has 2 rings (SSSR count). The van der Waals surface area contributed by atoms with Gasteiger partial charge in [-0.25, -0.2) is 0 Å². The van der Waals surface area contributed by atoms with Crippen molar-refractivity contribution >= 4 is 15.7 Å². The summed E-state index contributed by atoms with van der Waals surface area (Å²) in [6, 6.07) is 0. The van der Waals surface area contributed by atoms with Crippen molar-refractivity contribution in [2.45, 2.75) is 58.3 Å². The minimum absolute atomic E-state index is 0.398. The van der Waals surface area contributed by atoms with Crippen LogP contribution in [0.1, 0.15) is 52.9 Å². The van der Waals surface area contributed by atoms with Gasteiger partial charge < -0.3 is 4.74 Å². The second-order valence-electron chi connectivity index (χ2n) is 6.40. The summed E-state index contributed by atoms with van der Waals surface area (Å²) in [5.74, 6) is 1.70. The van der Waals surface area contributed by atoms with E-state index in [4.69, 9.17) is 20.4 Å². The summed E-state index contributed by atoms with van der Waals surface area (Å²) in [7, 11) is 11.7. The lowest BCUT2D eigenvalue weighted by atomic mass is 9.63. The molecule has 3 heteroatoms. The van der Waals surface area contributed by atoms with Gasteiger partial charge in [-0.2, -0.15) is 0 Å². The standard InChI is InChI=1S/C15H22B2O/c1-11(2)14(3)8-4-5-12-6-10-15(16,17)18-13(12)7-9-14/h6,10-11H,4-5,7-9H2,1-3H3. The first-order valence-corrected chi connectivity index (χ1v) is 7.00. The van der Waals surface area contributed by atoms with E-state index in [0.717, 1.165) is 25.0 Å². The first kappa shape index (κ1) is 13.8. The van der Waals surface area contributed by atoms with Crippen molar-refractivity contribution in [3.05, 3.63) is 23.5 Å². The number of allylic oxidation sites excluding steroid dienone is 3. The normalized spacial score (nSPS) is 31.6. The van der Waals surface area contributed by atoms with Gasteiger partial charge in [-0.15, -0.1) is 0 Å². The summed E-state index contributed by atoms with van der Waals surface area (Å²) < 4.78 is 5.73. The zero-order valence-corrected chi connectivity index (χ0v) is 11.8. The van der Waals surface area contributed by atoms with Gasteiger partial charge in [0, 0.05) is 11.8 Å². The van der Waals surface area contributed by atoms with Crippen molar-refractivity contribution < 1.29 is 4.74 Å². The Morgan fingerprint density at radius 2 is 1.94 bits per heavy atom. The Labute approximate surface area is 114 Å². The molecule has 0 N–H and O–H groups in total. The smallest absolute Gasteiger partial charge is 0.122 e. The lowest BCUT2D eigenvalue weighted by Crippen LogP contribution is -2.34. The average molecular weight is 240 g/mol. The van der Waals surface area contributed by atoms with E-state index in [1.54, 1.807) is 6.08 Å². The maximum Gasteiger partial charge on any atom is 0.122 e. The summed E-state index contributed by atoms with van der Waals surface area (Å²) in [5.41, 5.74) is 1.68. The molecule has 1 nitrogen and oxygen atoms in total. The van der Waals surface area contributed by atoms with Crippen LogP contribution in [0.5, 0.6) is 0 Å². The molecule has 0 aromatic rings. The maximum absolute atomic E-state index is 5.84. The number of hydrogen-bond donors (Lipinski definition) is 0. The first-order valence-electron chi connectivity index (χ1n) is 7.00. The maximum atomic E-state index is 5.84. The third-order valence-corrected chi connectivity index (χ3v) is 4.71. The molecule has 0 fully saturated rings. The highest BCUT2D eigenvalue weighted by atomic mass is 16.5. The Morgan fingerprint density at radius 3 is 2.61 bits per heavy atom. The Balaban J connectivity index is 2.16. The summed E-state index contributed by atoms with van der Waals surface area (Å²) in [5, 5.41) is -1.12. The van der Waals surface area contributed by atoms with Crippen LogP contribution >= 0.6 is 0 Å². The fourth-order valence-electron chi connectivity index (χ4n) is 2.86. The number of rotatable bonds is 1. The lowest BCUT2D eigenvalue weighted by Gasteiger charge is -2.39. The van der Waals surface area contributed by atoms with Crippen LogP contribution in [0.25, 0.3) is 0 Å². The Kier molecular flexibility index (Phi) is 3.71. The lowest BCUT2D eigenvalue weighted by molar-refractivity contribution is 0.125. The third-order valence-electron chi connectivity index (χ3n) is 4.71. The number of ether oxygens (including phenoxy) is 1. The molecule has 1 atom stereocenters. The van der Waals surface area contributed by atoms with Gasteiger partial charge >= 0.3 is 0 Å². The van der Waals surface area contributed by atoms with Crippen LogP contribution in [-0.2, 0) is 4.74 Å². The predicted octanol–water partition coefficient (Wildman–Crippen LogP) is 3.44. The number of hydrogen-bond acceptors (Lipinski definition) is 1. The Morgan fingerprint density at radius 1 is 1.22 bits per heavy atom. The molecule has 0 aromatic heterocycles. The molecular weight excluding hydrogens is 218 g/mol. The fraction of sp³-hybridized carbons (Fsp3) is 0.733. The molecule has 18 heavy (non-hydrogen) atoms. The SMILES string of the molecule is [B]C1([B])C=CC2=C(CCC(C)(C(C)C)CCC2)O1. The monoisotopic (exact) mass is 240 g/mol. The van der Waals surface area contributed by atoms with Crippen LogP contribution in [-0.4, -0.2) is 21.1 Å². The molecular formula is C15H22B2O. The molecule has 1 aliphatic heterocycles. The van der Waals surface area contributed by atoms with E-state index < -0.39 is 5.40 Å². The Bertz CT molecular complexity index is 382. The van der Waals surface area contributed by atoms with Crippen molar-refractivity contribution in [3.63, 3.8) is 0 Å². The quantitative estimate of drug-likeness (QED) is 0.638. The molecule has 0 saturated heterocycles. The highest BCUT2D eigenvalue weighted by molar-refractivity contribution is 6.40. The van der Waals surface area contributed by atoms with Crippen molar-refractivity contribution in [2.24, 2.45) is 11.3 Å². The van der Waals surface area contributed by atoms with Crippen molar-refractivity contribution in [1.82, 2.24) is 0 Å². The van der Waals surface area contributed by atoms with Crippen LogP contribution in [0.15, 0.2) is 23.5 Å². The van der Waals surface area contributed by atoms with E-state index in [0.29, 0.717) is 11.3 Å². The van der Waals surface area contributed by atoms with Crippen LogP contribution < -0.4 is 0 Å². The second kappa shape index (κ2) is 4.83. The molecule has 0 amide bonds. The van der Waals surface area contributed by atoms with Crippen molar-refractivity contribution in [1.29, 1.82) is 0 Å². The summed E-state index contributed by atoms with van der Waals surface area (Å²) in [6.07, 6.45) is 9.48. The molecule has 0 spiro atoms. The minimum Gasteiger partial charge on any atom is -0.507 e. The first-order chi connectivity index (χ1) is 8.32. The van der Waals surface area contributed by atoms with Gasteiger partial charge in [0.1, 0.15) is 15.7 Å². The summed E-state index contributed by atoms with van der Waals surface area (Å²) in [4.78, 5) is 0. The molecule has 4 radical (unpaired) electrons. The van der Waals surface area contributed by atoms with Gasteiger partial charge in [0.25, 0.3) is 0 Å². The molecule has 0 bridgehead atoms. The highest BCUT2D eigenvalue weighted by Crippen LogP contribution is 2.42. The highest BCUT2D eigenvalue weighted by Gasteiger charge is 2.32. The molecule has 0 saturated carbocycles. The molecule has 1 heterocycles. The van der Waals surface area contributed by atoms with Gasteiger partial charge in [0.15, 0.2) is 0 Å². The molecule has 0 aromatic carbocycles. The van der Waals surface area contributed by atoms with Gasteiger partial charge in [0.2, 0.25) is 0 Å². The predicted molar refractivity (Wildman–Crippen MR) is 77.5 cm³/mol. The van der Waals surface area contributed by atoms with Crippen LogP contribution in [0, 0.1) is 11.3 Å². The van der Waals surface area contributed by atoms with Gasteiger partial charge in [0.05, 0.1) is 5.76 Å². The van der Waals surface area contributed by atoms with E-state index in [1.807, 2.05) is 0 Å².